The van der Waals surface area contributed by atoms with Crippen LogP contribution < -0.4 is 10.6 Å². The third-order valence-corrected chi connectivity index (χ3v) is 11.6. The molecule has 43 heavy (non-hydrogen) atoms. The van der Waals surface area contributed by atoms with E-state index >= 15 is 0 Å². The second-order valence-electron chi connectivity index (χ2n) is 11.0. The molecule has 2 aromatic heterocycles. The quantitative estimate of drug-likeness (QED) is 0.193. The zero-order valence-electron chi connectivity index (χ0n) is 23.4. The lowest BCUT2D eigenvalue weighted by Crippen LogP contribution is -2.17. The van der Waals surface area contributed by atoms with Crippen LogP contribution in [0.4, 0.5) is 0 Å². The number of furan rings is 1. The third-order valence-electron chi connectivity index (χ3n) is 8.51. The molecule has 0 bridgehead atoms. The van der Waals surface area contributed by atoms with Crippen LogP contribution >= 0.6 is 7.14 Å². The summed E-state index contributed by atoms with van der Waals surface area (Å²) in [6, 6.07) is 44.8. The molecule has 0 aliphatic heterocycles. The monoisotopic (exact) mass is 573 g/mol. The maximum atomic E-state index is 14.7. The lowest BCUT2D eigenvalue weighted by molar-refractivity contribution is 0.590. The van der Waals surface area contributed by atoms with E-state index in [2.05, 4.69) is 72.8 Å². The molecule has 2 heterocycles. The van der Waals surface area contributed by atoms with Crippen molar-refractivity contribution >= 4 is 50.6 Å². The Morgan fingerprint density at radius 1 is 0.674 bits per heavy atom. The van der Waals surface area contributed by atoms with Crippen molar-refractivity contribution in [2.24, 2.45) is 0 Å². The first-order chi connectivity index (χ1) is 21.2. The highest BCUT2D eigenvalue weighted by molar-refractivity contribution is 7.82. The number of allylic oxidation sites excluding steroid dienone is 4. The van der Waals surface area contributed by atoms with Gasteiger partial charge in [-0.15, -0.1) is 0 Å². The van der Waals surface area contributed by atoms with Gasteiger partial charge >= 0.3 is 0 Å². The van der Waals surface area contributed by atoms with E-state index in [1.165, 1.54) is 5.56 Å². The Kier molecular flexibility index (Phi) is 6.21. The van der Waals surface area contributed by atoms with Crippen molar-refractivity contribution < 1.29 is 8.98 Å². The number of hydrogen-bond donors (Lipinski definition) is 0. The molecular formula is C39H28NO2P. The van der Waals surface area contributed by atoms with Gasteiger partial charge in [0.15, 0.2) is 12.7 Å². The van der Waals surface area contributed by atoms with E-state index in [0.29, 0.717) is 0 Å². The number of nitrogens with zero attached hydrogens (tertiary/aromatic N) is 1. The van der Waals surface area contributed by atoms with Crippen LogP contribution in [0.3, 0.4) is 0 Å². The molecule has 1 aliphatic rings. The molecular weight excluding hydrogens is 545 g/mol. The Labute approximate surface area is 250 Å². The van der Waals surface area contributed by atoms with Gasteiger partial charge < -0.3 is 8.98 Å². The molecule has 0 N–H and O–H groups in total. The average Bonchev–Trinajstić information content (AvgIpc) is 3.49. The molecule has 0 saturated heterocycles. The average molecular weight is 574 g/mol. The Hall–Kier alpha value is -4.98. The molecule has 0 spiro atoms. The number of hydrogen-bond acceptors (Lipinski definition) is 3. The minimum atomic E-state index is -2.97. The van der Waals surface area contributed by atoms with Gasteiger partial charge in [0.2, 0.25) is 0 Å². The molecule has 1 atom stereocenters. The summed E-state index contributed by atoms with van der Waals surface area (Å²) in [5.74, 6) is 0.202. The van der Waals surface area contributed by atoms with Crippen molar-refractivity contribution in [3.63, 3.8) is 0 Å². The van der Waals surface area contributed by atoms with Crippen molar-refractivity contribution in [3.05, 3.63) is 163 Å². The molecule has 5 aromatic carbocycles. The Balaban J connectivity index is 1.14. The van der Waals surface area contributed by atoms with Gasteiger partial charge in [-0.2, -0.15) is 0 Å². The minimum absolute atomic E-state index is 0.202. The normalized spacial score (nSPS) is 15.3. The molecule has 1 aliphatic carbocycles. The smallest absolute Gasteiger partial charge is 0.170 e. The summed E-state index contributed by atoms with van der Waals surface area (Å²) >= 11 is 0. The Morgan fingerprint density at radius 3 is 1.98 bits per heavy atom. The summed E-state index contributed by atoms with van der Waals surface area (Å²) in [6.45, 7) is 0. The van der Waals surface area contributed by atoms with Gasteiger partial charge in [0.05, 0.1) is 5.52 Å². The van der Waals surface area contributed by atoms with E-state index in [1.807, 2.05) is 78.9 Å². The third kappa shape index (κ3) is 4.28. The van der Waals surface area contributed by atoms with Crippen molar-refractivity contribution in [2.45, 2.75) is 12.3 Å². The van der Waals surface area contributed by atoms with Gasteiger partial charge in [-0.25, -0.2) is 4.98 Å². The number of para-hydroxylation sites is 2. The topological polar surface area (TPSA) is 43.1 Å². The van der Waals surface area contributed by atoms with E-state index in [4.69, 9.17) is 9.40 Å². The van der Waals surface area contributed by atoms with E-state index in [0.717, 1.165) is 66.4 Å². The summed E-state index contributed by atoms with van der Waals surface area (Å²) in [5.41, 5.74) is 5.72. The maximum absolute atomic E-state index is 14.7. The minimum Gasteiger partial charge on any atom is -0.454 e. The largest absolute Gasteiger partial charge is 0.454 e. The lowest BCUT2D eigenvalue weighted by Gasteiger charge is -2.24. The number of rotatable bonds is 5. The Morgan fingerprint density at radius 2 is 1.30 bits per heavy atom. The first kappa shape index (κ1) is 25.7. The zero-order valence-corrected chi connectivity index (χ0v) is 24.3. The summed E-state index contributed by atoms with van der Waals surface area (Å²) in [4.78, 5) is 5.06. The predicted octanol–water partition coefficient (Wildman–Crippen LogP) is 9.74. The molecule has 0 amide bonds. The SMILES string of the molecule is O=P(C1=CCC(c2ccc(-c3nc4ccccc4c4c3oc3ccccc34)cc2)C=C1)(c1ccccc1)c1ccccc1. The lowest BCUT2D eigenvalue weighted by atomic mass is 9.91. The fraction of sp³-hybridized carbons (Fsp3) is 0.0513. The molecule has 3 nitrogen and oxygen atoms in total. The van der Waals surface area contributed by atoms with Crippen LogP contribution in [0.5, 0.6) is 0 Å². The van der Waals surface area contributed by atoms with E-state index < -0.39 is 7.14 Å². The van der Waals surface area contributed by atoms with Crippen molar-refractivity contribution in [2.75, 3.05) is 0 Å². The molecule has 4 heteroatoms. The van der Waals surface area contributed by atoms with Crippen LogP contribution in [0, 0.1) is 0 Å². The first-order valence-electron chi connectivity index (χ1n) is 14.6. The van der Waals surface area contributed by atoms with Crippen molar-refractivity contribution in [1.29, 1.82) is 0 Å². The molecule has 1 unspecified atom stereocenters. The van der Waals surface area contributed by atoms with E-state index in [9.17, 15) is 4.57 Å². The second kappa shape index (κ2) is 10.4. The van der Waals surface area contributed by atoms with Crippen LogP contribution in [0.1, 0.15) is 17.9 Å². The predicted molar refractivity (Wildman–Crippen MR) is 179 cm³/mol. The number of aromatic nitrogens is 1. The van der Waals surface area contributed by atoms with Crippen LogP contribution in [0.2, 0.25) is 0 Å². The summed E-state index contributed by atoms with van der Waals surface area (Å²) < 4.78 is 21.1. The van der Waals surface area contributed by atoms with Crippen LogP contribution in [-0.4, -0.2) is 4.98 Å². The van der Waals surface area contributed by atoms with Gasteiger partial charge in [-0.1, -0.05) is 140 Å². The van der Waals surface area contributed by atoms with Crippen LogP contribution in [-0.2, 0) is 4.57 Å². The first-order valence-corrected chi connectivity index (χ1v) is 16.3. The van der Waals surface area contributed by atoms with Crippen molar-refractivity contribution in [3.8, 4) is 11.3 Å². The van der Waals surface area contributed by atoms with Crippen LogP contribution in [0.25, 0.3) is 44.1 Å². The molecule has 0 saturated carbocycles. The highest BCUT2D eigenvalue weighted by Gasteiger charge is 2.31. The highest BCUT2D eigenvalue weighted by atomic mass is 31.2. The molecule has 8 rings (SSSR count). The summed E-state index contributed by atoms with van der Waals surface area (Å²) in [6.07, 6.45) is 7.24. The van der Waals surface area contributed by atoms with E-state index in [1.54, 1.807) is 0 Å². The molecule has 206 valence electrons. The van der Waals surface area contributed by atoms with Gasteiger partial charge in [0, 0.05) is 43.6 Å². The second-order valence-corrected chi connectivity index (χ2v) is 13.8. The number of fused-ring (bicyclic) bond motifs is 5. The van der Waals surface area contributed by atoms with Gasteiger partial charge in [-0.05, 0) is 24.1 Å². The summed E-state index contributed by atoms with van der Waals surface area (Å²) in [5, 5.41) is 5.92. The van der Waals surface area contributed by atoms with Gasteiger partial charge in [-0.3, -0.25) is 0 Å². The van der Waals surface area contributed by atoms with Gasteiger partial charge in [0.25, 0.3) is 0 Å². The summed E-state index contributed by atoms with van der Waals surface area (Å²) in [7, 11) is -2.97. The van der Waals surface area contributed by atoms with Gasteiger partial charge in [0.1, 0.15) is 11.3 Å². The highest BCUT2D eigenvalue weighted by Crippen LogP contribution is 2.54. The molecule has 0 radical (unpaired) electrons. The Bertz CT molecular complexity index is 2190. The van der Waals surface area contributed by atoms with Crippen molar-refractivity contribution in [1.82, 2.24) is 4.98 Å². The maximum Gasteiger partial charge on any atom is 0.170 e. The van der Waals surface area contributed by atoms with E-state index in [-0.39, 0.29) is 5.92 Å². The fourth-order valence-corrected chi connectivity index (χ4v) is 9.07. The zero-order chi connectivity index (χ0) is 28.8. The van der Waals surface area contributed by atoms with Crippen LogP contribution in [0.15, 0.2) is 161 Å². The number of benzene rings is 5. The number of pyridine rings is 1. The molecule has 7 aromatic rings. The molecule has 0 fully saturated rings. The standard InChI is InChI=1S/C39H28NO2P/c41-43(30-11-3-1-4-12-30,31-13-5-2-6-14-31)32-25-23-28(24-26-32)27-19-21-29(22-20-27)38-39-37(33-15-7-9-17-35(33)40-38)34-16-8-10-18-36(34)42-39/h1-23,25-26,28H,24H2. The fourth-order valence-electron chi connectivity index (χ4n) is 6.33.